The molecule has 2 aromatic heterocycles. The fourth-order valence-corrected chi connectivity index (χ4v) is 1.94. The first kappa shape index (κ1) is 9.08. The minimum Gasteiger partial charge on any atom is -0.321 e. The molecule has 1 N–H and O–H groups in total. The van der Waals surface area contributed by atoms with Crippen LogP contribution in [0.15, 0.2) is 29.2 Å². The number of hydrogen-bond donors (Lipinski definition) is 1. The van der Waals surface area contributed by atoms with Crippen molar-refractivity contribution in [2.75, 3.05) is 0 Å². The van der Waals surface area contributed by atoms with Gasteiger partial charge in [-0.15, -0.1) is 0 Å². The van der Waals surface area contributed by atoms with Crippen molar-refractivity contribution >= 4 is 21.8 Å². The summed E-state index contributed by atoms with van der Waals surface area (Å²) in [5.41, 5.74) is 0.959. The largest absolute Gasteiger partial charge is 0.321 e. The van der Waals surface area contributed by atoms with Crippen LogP contribution in [0.2, 0.25) is 0 Å². The van der Waals surface area contributed by atoms with Gasteiger partial charge in [0.1, 0.15) is 5.82 Å². The zero-order valence-electron chi connectivity index (χ0n) is 8.49. The number of benzene rings is 1. The Labute approximate surface area is 89.3 Å². The van der Waals surface area contributed by atoms with Gasteiger partial charge in [0.25, 0.3) is 5.56 Å². The van der Waals surface area contributed by atoms with Gasteiger partial charge in [-0.1, -0.05) is 0 Å². The molecule has 1 aromatic carbocycles. The van der Waals surface area contributed by atoms with Crippen LogP contribution in [0, 0.1) is 5.82 Å². The number of aromatic amines is 1. The summed E-state index contributed by atoms with van der Waals surface area (Å²) >= 11 is 0. The molecule has 0 saturated carbocycles. The maximum absolute atomic E-state index is 13.1. The van der Waals surface area contributed by atoms with Crippen LogP contribution in [0.5, 0.6) is 0 Å². The highest BCUT2D eigenvalue weighted by molar-refractivity contribution is 6.02. The maximum Gasteiger partial charge on any atom is 0.259 e. The summed E-state index contributed by atoms with van der Waals surface area (Å²) in [5.74, 6) is -0.371. The van der Waals surface area contributed by atoms with Gasteiger partial charge in [0, 0.05) is 12.4 Å². The fourth-order valence-electron chi connectivity index (χ4n) is 1.94. The van der Waals surface area contributed by atoms with Crippen LogP contribution in [0.1, 0.15) is 0 Å². The molecule has 16 heavy (non-hydrogen) atoms. The Morgan fingerprint density at radius 2 is 2.19 bits per heavy atom. The Morgan fingerprint density at radius 3 is 3.00 bits per heavy atom. The summed E-state index contributed by atoms with van der Waals surface area (Å²) in [7, 11) is 1.75. The maximum atomic E-state index is 13.1. The van der Waals surface area contributed by atoms with Crippen molar-refractivity contribution in [1.82, 2.24) is 14.8 Å². The molecule has 80 valence electrons. The number of H-pyrrole nitrogens is 1. The number of aryl methyl sites for hydroxylation is 1. The standard InChI is InChI=1S/C11H8FN3O/c1-15-10-7-3-2-6(12)4-9(7)14-11(16)8(10)5-13-15/h2-5H,1H3,(H,14,16). The van der Waals surface area contributed by atoms with Crippen molar-refractivity contribution in [3.63, 3.8) is 0 Å². The summed E-state index contributed by atoms with van der Waals surface area (Å²) in [6, 6.07) is 4.32. The Balaban J connectivity index is 2.67. The Morgan fingerprint density at radius 1 is 1.38 bits per heavy atom. The van der Waals surface area contributed by atoms with E-state index in [9.17, 15) is 9.18 Å². The molecule has 0 aliphatic rings. The van der Waals surface area contributed by atoms with E-state index < -0.39 is 0 Å². The molecule has 0 saturated heterocycles. The SMILES string of the molecule is Cn1ncc2c(=O)[nH]c3cc(F)ccc3c21. The summed E-state index contributed by atoms with van der Waals surface area (Å²) in [5, 5.41) is 5.34. The topological polar surface area (TPSA) is 50.7 Å². The second-order valence-corrected chi connectivity index (χ2v) is 3.67. The number of rotatable bonds is 0. The quantitative estimate of drug-likeness (QED) is 0.621. The van der Waals surface area contributed by atoms with Gasteiger partial charge >= 0.3 is 0 Å². The highest BCUT2D eigenvalue weighted by Gasteiger charge is 2.09. The third-order valence-corrected chi connectivity index (χ3v) is 2.67. The third kappa shape index (κ3) is 1.08. The van der Waals surface area contributed by atoms with Crippen molar-refractivity contribution in [2.24, 2.45) is 7.05 Å². The van der Waals surface area contributed by atoms with Crippen LogP contribution in [-0.4, -0.2) is 14.8 Å². The van der Waals surface area contributed by atoms with Gasteiger partial charge in [0.2, 0.25) is 0 Å². The number of fused-ring (bicyclic) bond motifs is 3. The van der Waals surface area contributed by atoms with E-state index in [2.05, 4.69) is 10.1 Å². The molecule has 0 radical (unpaired) electrons. The van der Waals surface area contributed by atoms with E-state index in [4.69, 9.17) is 0 Å². The van der Waals surface area contributed by atoms with E-state index in [1.807, 2.05) is 0 Å². The molecule has 0 spiro atoms. The highest BCUT2D eigenvalue weighted by Crippen LogP contribution is 2.20. The van der Waals surface area contributed by atoms with Crippen LogP contribution in [0.3, 0.4) is 0 Å². The summed E-state index contributed by atoms with van der Waals surface area (Å²) < 4.78 is 14.7. The molecule has 0 aliphatic heterocycles. The Hall–Kier alpha value is -2.17. The van der Waals surface area contributed by atoms with Crippen molar-refractivity contribution in [3.05, 3.63) is 40.6 Å². The lowest BCUT2D eigenvalue weighted by Gasteiger charge is -2.01. The number of aromatic nitrogens is 3. The Bertz CT molecular complexity index is 757. The van der Waals surface area contributed by atoms with Gasteiger partial charge in [0.05, 0.1) is 22.6 Å². The van der Waals surface area contributed by atoms with Crippen LogP contribution in [0.4, 0.5) is 4.39 Å². The van der Waals surface area contributed by atoms with E-state index in [0.29, 0.717) is 10.9 Å². The van der Waals surface area contributed by atoms with Gasteiger partial charge in [-0.2, -0.15) is 5.10 Å². The number of pyridine rings is 1. The lowest BCUT2D eigenvalue weighted by molar-refractivity contribution is 0.629. The highest BCUT2D eigenvalue weighted by atomic mass is 19.1. The molecule has 0 atom stereocenters. The van der Waals surface area contributed by atoms with E-state index in [-0.39, 0.29) is 11.4 Å². The lowest BCUT2D eigenvalue weighted by atomic mass is 10.1. The molecule has 3 aromatic rings. The molecular formula is C11H8FN3O. The monoisotopic (exact) mass is 217 g/mol. The first-order chi connectivity index (χ1) is 7.66. The van der Waals surface area contributed by atoms with Crippen molar-refractivity contribution < 1.29 is 4.39 Å². The normalized spacial score (nSPS) is 11.4. The van der Waals surface area contributed by atoms with E-state index in [0.717, 1.165) is 10.9 Å². The number of halogens is 1. The zero-order chi connectivity index (χ0) is 11.3. The average molecular weight is 217 g/mol. The van der Waals surface area contributed by atoms with E-state index >= 15 is 0 Å². The molecule has 0 amide bonds. The van der Waals surface area contributed by atoms with Crippen molar-refractivity contribution in [2.45, 2.75) is 0 Å². The van der Waals surface area contributed by atoms with Crippen LogP contribution in [-0.2, 0) is 7.05 Å². The number of nitrogens with one attached hydrogen (secondary N) is 1. The lowest BCUT2D eigenvalue weighted by Crippen LogP contribution is -2.06. The molecule has 4 nitrogen and oxygen atoms in total. The average Bonchev–Trinajstić information content (AvgIpc) is 2.61. The summed E-state index contributed by atoms with van der Waals surface area (Å²) in [6.07, 6.45) is 1.51. The van der Waals surface area contributed by atoms with Gasteiger partial charge in [-0.25, -0.2) is 4.39 Å². The molecule has 0 fully saturated rings. The predicted octanol–water partition coefficient (Wildman–Crippen LogP) is 1.55. The van der Waals surface area contributed by atoms with Crippen molar-refractivity contribution in [1.29, 1.82) is 0 Å². The minimum atomic E-state index is -0.371. The first-order valence-electron chi connectivity index (χ1n) is 4.80. The number of nitrogens with zero attached hydrogens (tertiary/aromatic N) is 2. The van der Waals surface area contributed by atoms with E-state index in [1.54, 1.807) is 17.8 Å². The van der Waals surface area contributed by atoms with Gasteiger partial charge in [0.15, 0.2) is 0 Å². The van der Waals surface area contributed by atoms with Gasteiger partial charge in [-0.3, -0.25) is 9.48 Å². The third-order valence-electron chi connectivity index (χ3n) is 2.67. The van der Waals surface area contributed by atoms with Gasteiger partial charge < -0.3 is 4.98 Å². The van der Waals surface area contributed by atoms with Crippen LogP contribution < -0.4 is 5.56 Å². The summed E-state index contributed by atoms with van der Waals surface area (Å²) in [4.78, 5) is 14.3. The van der Waals surface area contributed by atoms with Gasteiger partial charge in [-0.05, 0) is 18.2 Å². The fraction of sp³-hybridized carbons (Fsp3) is 0.0909. The molecule has 0 unspecified atom stereocenters. The molecule has 5 heteroatoms. The van der Waals surface area contributed by atoms with Crippen LogP contribution in [0.25, 0.3) is 21.8 Å². The molecule has 0 bridgehead atoms. The predicted molar refractivity (Wildman–Crippen MR) is 58.8 cm³/mol. The van der Waals surface area contributed by atoms with Crippen LogP contribution >= 0.6 is 0 Å². The molecular weight excluding hydrogens is 209 g/mol. The summed E-state index contributed by atoms with van der Waals surface area (Å²) in [6.45, 7) is 0. The smallest absolute Gasteiger partial charge is 0.259 e. The van der Waals surface area contributed by atoms with E-state index in [1.165, 1.54) is 18.3 Å². The Kier molecular flexibility index (Phi) is 1.65. The second-order valence-electron chi connectivity index (χ2n) is 3.67. The molecule has 0 aliphatic carbocycles. The van der Waals surface area contributed by atoms with Crippen molar-refractivity contribution in [3.8, 4) is 0 Å². The second kappa shape index (κ2) is 2.91. The molecule has 3 rings (SSSR count). The first-order valence-corrected chi connectivity index (χ1v) is 4.80. The minimum absolute atomic E-state index is 0.249. The molecule has 2 heterocycles. The zero-order valence-corrected chi connectivity index (χ0v) is 8.49. The number of hydrogen-bond acceptors (Lipinski definition) is 2.